The third-order valence-corrected chi connectivity index (χ3v) is 2.59. The number of carboxylic acid groups (broad SMARTS) is 1. The average Bonchev–Trinajstić information content (AvgIpc) is 2.28. The zero-order valence-electron chi connectivity index (χ0n) is 12.3. The Bertz CT molecular complexity index is 294. The van der Waals surface area contributed by atoms with E-state index in [-0.39, 0.29) is 0 Å². The molecule has 112 valence electrons. The van der Waals surface area contributed by atoms with Gasteiger partial charge < -0.3 is 20.5 Å². The van der Waals surface area contributed by atoms with E-state index in [0.29, 0.717) is 38.5 Å². The summed E-state index contributed by atoms with van der Waals surface area (Å²) in [7, 11) is 0. The van der Waals surface area contributed by atoms with Crippen LogP contribution in [0.3, 0.4) is 0 Å². The second-order valence-corrected chi connectivity index (χ2v) is 5.24. The van der Waals surface area contributed by atoms with Crippen LogP contribution in [0.2, 0.25) is 0 Å². The molecule has 2 amide bonds. The van der Waals surface area contributed by atoms with Gasteiger partial charge in [0.1, 0.15) is 5.54 Å². The van der Waals surface area contributed by atoms with E-state index < -0.39 is 17.5 Å². The van der Waals surface area contributed by atoms with Gasteiger partial charge in [0.25, 0.3) is 0 Å². The van der Waals surface area contributed by atoms with E-state index in [0.717, 1.165) is 0 Å². The first-order valence-electron chi connectivity index (χ1n) is 6.69. The van der Waals surface area contributed by atoms with Crippen molar-refractivity contribution in [1.82, 2.24) is 10.6 Å². The molecule has 6 nitrogen and oxygen atoms in total. The van der Waals surface area contributed by atoms with Gasteiger partial charge in [-0.15, -0.1) is 0 Å². The first-order chi connectivity index (χ1) is 8.81. The van der Waals surface area contributed by atoms with Gasteiger partial charge in [-0.2, -0.15) is 0 Å². The molecule has 0 heterocycles. The van der Waals surface area contributed by atoms with Crippen molar-refractivity contribution in [2.24, 2.45) is 5.92 Å². The smallest absolute Gasteiger partial charge is 0.329 e. The number of rotatable bonds is 9. The van der Waals surface area contributed by atoms with Crippen molar-refractivity contribution in [3.05, 3.63) is 0 Å². The van der Waals surface area contributed by atoms with Crippen LogP contribution in [0.1, 0.15) is 40.5 Å². The van der Waals surface area contributed by atoms with Crippen LogP contribution in [0.15, 0.2) is 0 Å². The number of hydrogen-bond acceptors (Lipinski definition) is 3. The Hall–Kier alpha value is -1.30. The first kappa shape index (κ1) is 17.7. The molecule has 0 saturated heterocycles. The zero-order valence-corrected chi connectivity index (χ0v) is 12.3. The van der Waals surface area contributed by atoms with Crippen molar-refractivity contribution in [1.29, 1.82) is 0 Å². The number of amides is 2. The van der Waals surface area contributed by atoms with Crippen molar-refractivity contribution in [3.8, 4) is 0 Å². The standard InChI is InChI=1S/C13H26N2O4/c1-5-6-13(4,11(16)17)15-12(18)14-7-8-19-9-10(2)3/h10H,5-9H2,1-4H3,(H,16,17)(H2,14,15,18). The summed E-state index contributed by atoms with van der Waals surface area (Å²) >= 11 is 0. The highest BCUT2D eigenvalue weighted by Crippen LogP contribution is 2.12. The molecule has 0 aliphatic carbocycles. The molecule has 3 N–H and O–H groups in total. The van der Waals surface area contributed by atoms with Crippen LogP contribution >= 0.6 is 0 Å². The highest BCUT2D eigenvalue weighted by atomic mass is 16.5. The van der Waals surface area contributed by atoms with Gasteiger partial charge in [-0.3, -0.25) is 0 Å². The average molecular weight is 274 g/mol. The Labute approximate surface area is 114 Å². The summed E-state index contributed by atoms with van der Waals surface area (Å²) in [5, 5.41) is 14.2. The van der Waals surface area contributed by atoms with E-state index in [1.165, 1.54) is 6.92 Å². The molecule has 1 unspecified atom stereocenters. The van der Waals surface area contributed by atoms with E-state index in [4.69, 9.17) is 9.84 Å². The van der Waals surface area contributed by atoms with E-state index in [1.807, 2.05) is 20.8 Å². The molecule has 0 rings (SSSR count). The Morgan fingerprint density at radius 2 is 2.00 bits per heavy atom. The Morgan fingerprint density at radius 3 is 2.47 bits per heavy atom. The molecule has 0 aliphatic heterocycles. The molecule has 0 spiro atoms. The number of ether oxygens (including phenoxy) is 1. The maximum absolute atomic E-state index is 11.6. The lowest BCUT2D eigenvalue weighted by Gasteiger charge is -2.25. The summed E-state index contributed by atoms with van der Waals surface area (Å²) in [6.45, 7) is 8.90. The predicted octanol–water partition coefficient (Wildman–Crippen LogP) is 1.60. The fourth-order valence-corrected chi connectivity index (χ4v) is 1.57. The molecule has 0 radical (unpaired) electrons. The van der Waals surface area contributed by atoms with Gasteiger partial charge >= 0.3 is 12.0 Å². The van der Waals surface area contributed by atoms with E-state index in [9.17, 15) is 9.59 Å². The van der Waals surface area contributed by atoms with Gasteiger partial charge in [-0.1, -0.05) is 27.2 Å². The third-order valence-electron chi connectivity index (χ3n) is 2.59. The van der Waals surface area contributed by atoms with Crippen molar-refractivity contribution in [2.75, 3.05) is 19.8 Å². The number of nitrogens with one attached hydrogen (secondary N) is 2. The second-order valence-electron chi connectivity index (χ2n) is 5.24. The van der Waals surface area contributed by atoms with E-state index >= 15 is 0 Å². The van der Waals surface area contributed by atoms with Crippen LogP contribution < -0.4 is 10.6 Å². The predicted molar refractivity (Wildman–Crippen MR) is 73.1 cm³/mol. The van der Waals surface area contributed by atoms with E-state index in [1.54, 1.807) is 0 Å². The lowest BCUT2D eigenvalue weighted by molar-refractivity contribution is -0.144. The molecular formula is C13H26N2O4. The SMILES string of the molecule is CCCC(C)(NC(=O)NCCOCC(C)C)C(=O)O. The fourth-order valence-electron chi connectivity index (χ4n) is 1.57. The van der Waals surface area contributed by atoms with Crippen molar-refractivity contribution in [2.45, 2.75) is 46.1 Å². The third kappa shape index (κ3) is 7.66. The van der Waals surface area contributed by atoms with Gasteiger partial charge in [0.15, 0.2) is 0 Å². The maximum atomic E-state index is 11.6. The topological polar surface area (TPSA) is 87.7 Å². The molecule has 0 fully saturated rings. The Morgan fingerprint density at radius 1 is 1.37 bits per heavy atom. The summed E-state index contributed by atoms with van der Waals surface area (Å²) < 4.78 is 5.31. The van der Waals surface area contributed by atoms with Crippen molar-refractivity contribution >= 4 is 12.0 Å². The molecule has 0 saturated carbocycles. The number of carbonyl (C=O) groups excluding carboxylic acids is 1. The van der Waals surface area contributed by atoms with Gasteiger partial charge in [-0.05, 0) is 19.3 Å². The molecule has 0 aromatic rings. The van der Waals surface area contributed by atoms with Gasteiger partial charge in [0, 0.05) is 13.2 Å². The minimum atomic E-state index is -1.22. The summed E-state index contributed by atoms with van der Waals surface area (Å²) in [6, 6.07) is -0.480. The summed E-state index contributed by atoms with van der Waals surface area (Å²) in [4.78, 5) is 22.7. The molecule has 0 aromatic heterocycles. The number of urea groups is 1. The van der Waals surface area contributed by atoms with Crippen LogP contribution in [-0.4, -0.2) is 42.4 Å². The lowest BCUT2D eigenvalue weighted by Crippen LogP contribution is -2.55. The van der Waals surface area contributed by atoms with Crippen molar-refractivity contribution < 1.29 is 19.4 Å². The van der Waals surface area contributed by atoms with Crippen LogP contribution in [0.4, 0.5) is 4.79 Å². The van der Waals surface area contributed by atoms with E-state index in [2.05, 4.69) is 10.6 Å². The van der Waals surface area contributed by atoms with Crippen LogP contribution in [0.25, 0.3) is 0 Å². The fraction of sp³-hybridized carbons (Fsp3) is 0.846. The highest BCUT2D eigenvalue weighted by Gasteiger charge is 2.33. The van der Waals surface area contributed by atoms with Crippen LogP contribution in [0.5, 0.6) is 0 Å². The van der Waals surface area contributed by atoms with Crippen molar-refractivity contribution in [3.63, 3.8) is 0 Å². The van der Waals surface area contributed by atoms with Crippen LogP contribution in [-0.2, 0) is 9.53 Å². The summed E-state index contributed by atoms with van der Waals surface area (Å²) in [5.74, 6) is -0.575. The van der Waals surface area contributed by atoms with Gasteiger partial charge in [0.05, 0.1) is 6.61 Å². The lowest BCUT2D eigenvalue weighted by atomic mass is 9.97. The largest absolute Gasteiger partial charge is 0.480 e. The number of aliphatic carboxylic acids is 1. The van der Waals surface area contributed by atoms with Crippen LogP contribution in [0, 0.1) is 5.92 Å². The Kier molecular flexibility index (Phi) is 8.14. The highest BCUT2D eigenvalue weighted by molar-refractivity contribution is 5.85. The quantitative estimate of drug-likeness (QED) is 0.557. The zero-order chi connectivity index (χ0) is 14.9. The molecule has 19 heavy (non-hydrogen) atoms. The van der Waals surface area contributed by atoms with Gasteiger partial charge in [-0.25, -0.2) is 9.59 Å². The monoisotopic (exact) mass is 274 g/mol. The normalized spacial score (nSPS) is 13.9. The summed E-state index contributed by atoms with van der Waals surface area (Å²) in [5.41, 5.74) is -1.22. The minimum Gasteiger partial charge on any atom is -0.480 e. The number of carboxylic acids is 1. The minimum absolute atomic E-state index is 0.361. The molecule has 0 aliphatic rings. The number of hydrogen-bond donors (Lipinski definition) is 3. The first-order valence-corrected chi connectivity index (χ1v) is 6.69. The maximum Gasteiger partial charge on any atom is 0.329 e. The summed E-state index contributed by atoms with van der Waals surface area (Å²) in [6.07, 6.45) is 1.07. The molecular weight excluding hydrogens is 248 g/mol. The Balaban J connectivity index is 3.98. The number of carbonyl (C=O) groups is 2. The molecule has 0 aromatic carbocycles. The second kappa shape index (κ2) is 8.74. The molecule has 0 bridgehead atoms. The molecule has 6 heteroatoms. The molecule has 1 atom stereocenters. The van der Waals surface area contributed by atoms with Gasteiger partial charge in [0.2, 0.25) is 0 Å².